The second kappa shape index (κ2) is 8.76. The minimum atomic E-state index is -0.629. The Morgan fingerprint density at radius 1 is 1.21 bits per heavy atom. The Morgan fingerprint density at radius 2 is 1.89 bits per heavy atom. The highest BCUT2D eigenvalue weighted by atomic mass is 16.6. The molecule has 6 heteroatoms. The van der Waals surface area contributed by atoms with Crippen LogP contribution >= 0.6 is 0 Å². The number of hydrogen-bond acceptors (Lipinski definition) is 4. The number of esters is 1. The van der Waals surface area contributed by atoms with E-state index in [4.69, 9.17) is 4.74 Å². The second-order valence-electron chi connectivity index (χ2n) is 8.10. The van der Waals surface area contributed by atoms with Crippen LogP contribution in [0.5, 0.6) is 0 Å². The van der Waals surface area contributed by atoms with Crippen LogP contribution in [0.3, 0.4) is 0 Å². The molecule has 28 heavy (non-hydrogen) atoms. The third kappa shape index (κ3) is 4.72. The molecule has 1 aromatic carbocycles. The van der Waals surface area contributed by atoms with E-state index in [1.54, 1.807) is 7.05 Å². The highest BCUT2D eigenvalue weighted by Gasteiger charge is 2.47. The number of carbonyl (C=O) groups excluding carboxylic acids is 3. The molecule has 2 N–H and O–H groups in total. The van der Waals surface area contributed by atoms with Crippen LogP contribution in [0.4, 0.5) is 4.79 Å². The maximum Gasteiger partial charge on any atom is 0.315 e. The van der Waals surface area contributed by atoms with Crippen LogP contribution in [0.1, 0.15) is 69.0 Å². The van der Waals surface area contributed by atoms with E-state index in [9.17, 15) is 14.4 Å². The van der Waals surface area contributed by atoms with Gasteiger partial charge in [-0.25, -0.2) is 4.79 Å². The zero-order valence-electron chi connectivity index (χ0n) is 16.8. The first-order valence-electron chi connectivity index (χ1n) is 10.2. The summed E-state index contributed by atoms with van der Waals surface area (Å²) in [5.41, 5.74) is 1.54. The first-order valence-corrected chi connectivity index (χ1v) is 10.2. The Kier molecular flexibility index (Phi) is 6.37. The second-order valence-corrected chi connectivity index (χ2v) is 8.10. The van der Waals surface area contributed by atoms with Crippen LogP contribution in [0.2, 0.25) is 0 Å². The average Bonchev–Trinajstić information content (AvgIpc) is 3.21. The fourth-order valence-corrected chi connectivity index (χ4v) is 4.56. The molecular formula is C22H30N2O4. The van der Waals surface area contributed by atoms with Crippen LogP contribution in [0.25, 0.3) is 0 Å². The molecule has 0 radical (unpaired) electrons. The van der Waals surface area contributed by atoms with Gasteiger partial charge in [-0.15, -0.1) is 0 Å². The van der Waals surface area contributed by atoms with Gasteiger partial charge in [-0.3, -0.25) is 9.59 Å². The largest absolute Gasteiger partial charge is 0.458 e. The summed E-state index contributed by atoms with van der Waals surface area (Å²) in [5, 5.41) is 5.41. The van der Waals surface area contributed by atoms with Crippen molar-refractivity contribution < 1.29 is 19.1 Å². The van der Waals surface area contributed by atoms with E-state index in [0.29, 0.717) is 12.8 Å². The molecule has 2 amide bonds. The first-order chi connectivity index (χ1) is 13.4. The summed E-state index contributed by atoms with van der Waals surface area (Å²) < 4.78 is 5.85. The fraction of sp³-hybridized carbons (Fsp3) is 0.591. The molecule has 2 aliphatic rings. The number of benzene rings is 1. The third-order valence-corrected chi connectivity index (χ3v) is 6.15. The molecule has 2 atom stereocenters. The Balaban J connectivity index is 1.67. The van der Waals surface area contributed by atoms with Crippen molar-refractivity contribution in [3.63, 3.8) is 0 Å². The lowest BCUT2D eigenvalue weighted by Crippen LogP contribution is -2.48. The molecule has 3 rings (SSSR count). The SMILES string of the molecule is CNC(=O)N[C@H](C)c1ccc(CCC2(C3CCCC3)CC(=O)CC(=O)O2)cc1. The monoisotopic (exact) mass is 386 g/mol. The van der Waals surface area contributed by atoms with E-state index >= 15 is 0 Å². The number of aryl methyl sites for hydroxylation is 1. The molecule has 1 aliphatic heterocycles. The summed E-state index contributed by atoms with van der Waals surface area (Å²) in [5.74, 6) is -0.0723. The van der Waals surface area contributed by atoms with Gasteiger partial charge >= 0.3 is 12.0 Å². The van der Waals surface area contributed by atoms with E-state index < -0.39 is 5.60 Å². The van der Waals surface area contributed by atoms with Crippen LogP contribution in [0.15, 0.2) is 24.3 Å². The van der Waals surface area contributed by atoms with Gasteiger partial charge in [0.15, 0.2) is 0 Å². The summed E-state index contributed by atoms with van der Waals surface area (Å²) in [6.07, 6.45) is 6.06. The molecule has 0 bridgehead atoms. The average molecular weight is 386 g/mol. The molecule has 1 aliphatic carbocycles. The standard InChI is InChI=1S/C22H30N2O4/c1-15(24-21(27)23-2)17-9-7-16(8-10-17)11-12-22(18-5-3-4-6-18)14-19(25)13-20(26)28-22/h7-10,15,18H,3-6,11-14H2,1-2H3,(H2,23,24,27)/t15-,22?/m1/s1. The van der Waals surface area contributed by atoms with E-state index in [2.05, 4.69) is 10.6 Å². The van der Waals surface area contributed by atoms with E-state index in [1.165, 1.54) is 0 Å². The molecule has 1 aromatic rings. The first kappa shape index (κ1) is 20.4. The number of Topliss-reactive ketones (excluding diaryl/α,β-unsaturated/α-hetero) is 1. The number of ketones is 1. The van der Waals surface area contributed by atoms with Crippen molar-refractivity contribution in [2.75, 3.05) is 7.05 Å². The summed E-state index contributed by atoms with van der Waals surface area (Å²) >= 11 is 0. The van der Waals surface area contributed by atoms with Crippen molar-refractivity contribution in [2.45, 2.75) is 69.9 Å². The van der Waals surface area contributed by atoms with E-state index in [-0.39, 0.29) is 36.2 Å². The normalized spacial score (nSPS) is 23.9. The van der Waals surface area contributed by atoms with Crippen LogP contribution < -0.4 is 10.6 Å². The predicted molar refractivity (Wildman–Crippen MR) is 106 cm³/mol. The highest BCUT2D eigenvalue weighted by molar-refractivity contribution is 5.98. The summed E-state index contributed by atoms with van der Waals surface area (Å²) in [6, 6.07) is 7.82. The van der Waals surface area contributed by atoms with Crippen molar-refractivity contribution in [3.05, 3.63) is 35.4 Å². The fourth-order valence-electron chi connectivity index (χ4n) is 4.56. The molecule has 0 spiro atoms. The Hall–Kier alpha value is -2.37. The van der Waals surface area contributed by atoms with Crippen LogP contribution in [-0.4, -0.2) is 30.4 Å². The van der Waals surface area contributed by atoms with Crippen LogP contribution in [-0.2, 0) is 20.7 Å². The van der Waals surface area contributed by atoms with Crippen LogP contribution in [0, 0.1) is 5.92 Å². The minimum absolute atomic E-state index is 0.00704. The lowest BCUT2D eigenvalue weighted by Gasteiger charge is -2.41. The lowest BCUT2D eigenvalue weighted by atomic mass is 9.76. The highest BCUT2D eigenvalue weighted by Crippen LogP contribution is 2.43. The maximum absolute atomic E-state index is 12.1. The van der Waals surface area contributed by atoms with Crippen molar-refractivity contribution in [1.29, 1.82) is 0 Å². The molecule has 1 saturated carbocycles. The van der Waals surface area contributed by atoms with Gasteiger partial charge in [0, 0.05) is 13.5 Å². The molecule has 2 fully saturated rings. The summed E-state index contributed by atoms with van der Waals surface area (Å²) in [7, 11) is 1.59. The molecule has 1 heterocycles. The van der Waals surface area contributed by atoms with Gasteiger partial charge in [0.05, 0.1) is 6.04 Å². The molecule has 1 saturated heterocycles. The van der Waals surface area contributed by atoms with Crippen molar-refractivity contribution in [1.82, 2.24) is 10.6 Å². The molecule has 6 nitrogen and oxygen atoms in total. The summed E-state index contributed by atoms with van der Waals surface area (Å²) in [6.45, 7) is 1.94. The molecule has 0 aromatic heterocycles. The third-order valence-electron chi connectivity index (χ3n) is 6.15. The molecule has 1 unspecified atom stereocenters. The number of cyclic esters (lactones) is 1. The minimum Gasteiger partial charge on any atom is -0.458 e. The molecular weight excluding hydrogens is 356 g/mol. The molecule has 152 valence electrons. The quantitative estimate of drug-likeness (QED) is 0.579. The zero-order valence-corrected chi connectivity index (χ0v) is 16.8. The summed E-state index contributed by atoms with van der Waals surface area (Å²) in [4.78, 5) is 35.6. The van der Waals surface area contributed by atoms with E-state index in [1.807, 2.05) is 31.2 Å². The van der Waals surface area contributed by atoms with Crippen molar-refractivity contribution >= 4 is 17.8 Å². The number of urea groups is 1. The number of rotatable bonds is 6. The zero-order chi connectivity index (χ0) is 20.1. The Labute approximate surface area is 166 Å². The maximum atomic E-state index is 12.1. The van der Waals surface area contributed by atoms with Crippen molar-refractivity contribution in [2.24, 2.45) is 5.92 Å². The van der Waals surface area contributed by atoms with Gasteiger partial charge in [0.25, 0.3) is 0 Å². The Morgan fingerprint density at radius 3 is 2.50 bits per heavy atom. The van der Waals surface area contributed by atoms with Crippen molar-refractivity contribution in [3.8, 4) is 0 Å². The van der Waals surface area contributed by atoms with Gasteiger partial charge in [0.2, 0.25) is 0 Å². The number of hydrogen-bond donors (Lipinski definition) is 2. The van der Waals surface area contributed by atoms with Gasteiger partial charge < -0.3 is 15.4 Å². The number of carbonyl (C=O) groups is 3. The Bertz CT molecular complexity index is 707. The van der Waals surface area contributed by atoms with Gasteiger partial charge in [0.1, 0.15) is 17.8 Å². The number of amides is 2. The van der Waals surface area contributed by atoms with Gasteiger partial charge in [-0.05, 0) is 49.7 Å². The van der Waals surface area contributed by atoms with Gasteiger partial charge in [-0.2, -0.15) is 0 Å². The lowest BCUT2D eigenvalue weighted by molar-refractivity contribution is -0.178. The number of nitrogens with one attached hydrogen (secondary N) is 2. The predicted octanol–water partition coefficient (Wildman–Crippen LogP) is 3.44. The smallest absolute Gasteiger partial charge is 0.315 e. The van der Waals surface area contributed by atoms with Gasteiger partial charge in [-0.1, -0.05) is 37.1 Å². The number of ether oxygens (including phenoxy) is 1. The van der Waals surface area contributed by atoms with E-state index in [0.717, 1.165) is 43.2 Å². The topological polar surface area (TPSA) is 84.5 Å².